The molecule has 19 heavy (non-hydrogen) atoms. The number of carboxylic acid groups (broad SMARTS) is 1. The summed E-state index contributed by atoms with van der Waals surface area (Å²) < 4.78 is 10.9. The molecule has 0 fully saturated rings. The summed E-state index contributed by atoms with van der Waals surface area (Å²) >= 11 is 0. The Morgan fingerprint density at radius 2 is 2.16 bits per heavy atom. The number of hydrogen-bond donors (Lipinski definition) is 1. The van der Waals surface area contributed by atoms with Crippen molar-refractivity contribution < 1.29 is 19.4 Å². The molecule has 0 saturated carbocycles. The Kier molecular flexibility index (Phi) is 6.02. The third-order valence-corrected chi connectivity index (χ3v) is 2.20. The molecule has 0 amide bonds. The van der Waals surface area contributed by atoms with Gasteiger partial charge >= 0.3 is 5.97 Å². The Morgan fingerprint density at radius 3 is 2.79 bits per heavy atom. The number of aliphatic carboxylic acids is 1. The van der Waals surface area contributed by atoms with Gasteiger partial charge in [0.25, 0.3) is 0 Å². The zero-order valence-electron chi connectivity index (χ0n) is 11.4. The molecule has 104 valence electrons. The van der Waals surface area contributed by atoms with Gasteiger partial charge in [0.2, 0.25) is 0 Å². The number of carboxylic acids is 1. The van der Waals surface area contributed by atoms with Crippen LogP contribution >= 0.6 is 0 Å². The molecule has 0 spiro atoms. The molecular weight excluding hydrogens is 246 g/mol. The maximum Gasteiger partial charge on any atom is 0.328 e. The first-order valence-corrected chi connectivity index (χ1v) is 6.12. The van der Waals surface area contributed by atoms with E-state index in [1.54, 1.807) is 6.07 Å². The van der Waals surface area contributed by atoms with Crippen LogP contribution in [0.25, 0.3) is 6.08 Å². The first kappa shape index (κ1) is 15.2. The summed E-state index contributed by atoms with van der Waals surface area (Å²) in [7, 11) is 0. The molecule has 5 nitrogen and oxygen atoms in total. The molecule has 0 aliphatic carbocycles. The zero-order valence-corrected chi connectivity index (χ0v) is 11.4. The number of carbonyl (C=O) groups is 1. The van der Waals surface area contributed by atoms with E-state index in [2.05, 4.69) is 4.98 Å². The largest absolute Gasteiger partial charge is 0.489 e. The van der Waals surface area contributed by atoms with Gasteiger partial charge in [0, 0.05) is 11.8 Å². The summed E-state index contributed by atoms with van der Waals surface area (Å²) in [6.07, 6.45) is 2.62. The molecule has 1 aromatic heterocycles. The van der Waals surface area contributed by atoms with Gasteiger partial charge in [0.15, 0.2) is 0 Å². The topological polar surface area (TPSA) is 68.7 Å². The van der Waals surface area contributed by atoms with Gasteiger partial charge in [0.05, 0.1) is 12.7 Å². The Hall–Kier alpha value is -1.88. The fourth-order valence-electron chi connectivity index (χ4n) is 1.39. The number of aryl methyl sites for hydroxylation is 1. The lowest BCUT2D eigenvalue weighted by Crippen LogP contribution is -2.12. The standard InChI is InChI=1S/C14H19NO4/c1-10(2)18-8-9-19-13-6-4-11(3)15-12(13)5-7-14(16)17/h4-7,10H,8-9H2,1-3H3,(H,16,17). The minimum Gasteiger partial charge on any atom is -0.489 e. The Labute approximate surface area is 112 Å². The van der Waals surface area contributed by atoms with E-state index in [1.807, 2.05) is 26.8 Å². The zero-order chi connectivity index (χ0) is 14.3. The van der Waals surface area contributed by atoms with Crippen LogP contribution in [0.15, 0.2) is 18.2 Å². The molecule has 1 N–H and O–H groups in total. The van der Waals surface area contributed by atoms with Crippen LogP contribution in [-0.2, 0) is 9.53 Å². The predicted molar refractivity (Wildman–Crippen MR) is 72.2 cm³/mol. The van der Waals surface area contributed by atoms with Crippen molar-refractivity contribution in [2.75, 3.05) is 13.2 Å². The first-order chi connectivity index (χ1) is 8.99. The average Bonchev–Trinajstić information content (AvgIpc) is 2.33. The first-order valence-electron chi connectivity index (χ1n) is 6.12. The van der Waals surface area contributed by atoms with Crippen molar-refractivity contribution in [2.24, 2.45) is 0 Å². The number of rotatable bonds is 7. The van der Waals surface area contributed by atoms with E-state index >= 15 is 0 Å². The highest BCUT2D eigenvalue weighted by Crippen LogP contribution is 2.18. The summed E-state index contributed by atoms with van der Waals surface area (Å²) in [5.74, 6) is -0.465. The molecule has 5 heteroatoms. The minimum atomic E-state index is -1.02. The second kappa shape index (κ2) is 7.53. The molecule has 1 aromatic rings. The fourth-order valence-corrected chi connectivity index (χ4v) is 1.39. The van der Waals surface area contributed by atoms with Gasteiger partial charge < -0.3 is 14.6 Å². The second-order valence-electron chi connectivity index (χ2n) is 4.28. The molecule has 0 atom stereocenters. The lowest BCUT2D eigenvalue weighted by atomic mass is 10.2. The maximum absolute atomic E-state index is 10.5. The van der Waals surface area contributed by atoms with Gasteiger partial charge in [0.1, 0.15) is 18.1 Å². The molecular formula is C14H19NO4. The molecule has 0 aromatic carbocycles. The number of hydrogen-bond acceptors (Lipinski definition) is 4. The molecule has 0 unspecified atom stereocenters. The molecule has 1 rings (SSSR count). The van der Waals surface area contributed by atoms with Gasteiger partial charge in [-0.3, -0.25) is 0 Å². The van der Waals surface area contributed by atoms with Crippen molar-refractivity contribution in [1.29, 1.82) is 0 Å². The van der Waals surface area contributed by atoms with Crippen molar-refractivity contribution in [2.45, 2.75) is 26.9 Å². The quantitative estimate of drug-likeness (QED) is 0.605. The summed E-state index contributed by atoms with van der Waals surface area (Å²) in [6, 6.07) is 3.59. The average molecular weight is 265 g/mol. The Balaban J connectivity index is 2.68. The third kappa shape index (κ3) is 6.01. The highest BCUT2D eigenvalue weighted by Gasteiger charge is 2.04. The summed E-state index contributed by atoms with van der Waals surface area (Å²) in [4.78, 5) is 14.8. The molecule has 0 aliphatic rings. The van der Waals surface area contributed by atoms with Crippen LogP contribution in [0, 0.1) is 6.92 Å². The van der Waals surface area contributed by atoms with Crippen LogP contribution < -0.4 is 4.74 Å². The van der Waals surface area contributed by atoms with Crippen molar-refractivity contribution >= 4 is 12.0 Å². The van der Waals surface area contributed by atoms with Gasteiger partial charge in [-0.2, -0.15) is 0 Å². The van der Waals surface area contributed by atoms with Crippen LogP contribution in [0.5, 0.6) is 5.75 Å². The van der Waals surface area contributed by atoms with E-state index in [-0.39, 0.29) is 6.10 Å². The number of aromatic nitrogens is 1. The molecule has 0 aliphatic heterocycles. The highest BCUT2D eigenvalue weighted by molar-refractivity contribution is 5.85. The van der Waals surface area contributed by atoms with Crippen LogP contribution in [0.4, 0.5) is 0 Å². The van der Waals surface area contributed by atoms with E-state index in [9.17, 15) is 4.79 Å². The van der Waals surface area contributed by atoms with Crippen LogP contribution in [0.1, 0.15) is 25.2 Å². The smallest absolute Gasteiger partial charge is 0.328 e. The van der Waals surface area contributed by atoms with E-state index in [0.717, 1.165) is 11.8 Å². The fraction of sp³-hybridized carbons (Fsp3) is 0.429. The normalized spacial score (nSPS) is 11.2. The second-order valence-corrected chi connectivity index (χ2v) is 4.28. The van der Waals surface area contributed by atoms with Gasteiger partial charge in [-0.25, -0.2) is 9.78 Å². The van der Waals surface area contributed by atoms with E-state index < -0.39 is 5.97 Å². The van der Waals surface area contributed by atoms with Crippen molar-refractivity contribution in [3.05, 3.63) is 29.6 Å². The highest BCUT2D eigenvalue weighted by atomic mass is 16.5. The van der Waals surface area contributed by atoms with E-state index in [0.29, 0.717) is 24.7 Å². The molecule has 0 bridgehead atoms. The van der Waals surface area contributed by atoms with Crippen LogP contribution in [-0.4, -0.2) is 35.4 Å². The SMILES string of the molecule is Cc1ccc(OCCOC(C)C)c(C=CC(=O)O)n1. The van der Waals surface area contributed by atoms with E-state index in [1.165, 1.54) is 6.08 Å². The number of pyridine rings is 1. The predicted octanol–water partition coefficient (Wildman–Crippen LogP) is 2.29. The Bertz CT molecular complexity index is 455. The lowest BCUT2D eigenvalue weighted by Gasteiger charge is -2.11. The van der Waals surface area contributed by atoms with E-state index in [4.69, 9.17) is 14.6 Å². The maximum atomic E-state index is 10.5. The number of nitrogens with zero attached hydrogens (tertiary/aromatic N) is 1. The lowest BCUT2D eigenvalue weighted by molar-refractivity contribution is -0.131. The molecule has 1 heterocycles. The molecule has 0 radical (unpaired) electrons. The van der Waals surface area contributed by atoms with Crippen molar-refractivity contribution in [3.63, 3.8) is 0 Å². The number of ether oxygens (including phenoxy) is 2. The summed E-state index contributed by atoms with van der Waals surface area (Å²) in [5.41, 5.74) is 1.31. The monoisotopic (exact) mass is 265 g/mol. The Morgan fingerprint density at radius 1 is 1.42 bits per heavy atom. The van der Waals surface area contributed by atoms with Crippen LogP contribution in [0.2, 0.25) is 0 Å². The van der Waals surface area contributed by atoms with Crippen LogP contribution in [0.3, 0.4) is 0 Å². The van der Waals surface area contributed by atoms with Gasteiger partial charge in [-0.15, -0.1) is 0 Å². The van der Waals surface area contributed by atoms with Crippen molar-refractivity contribution in [1.82, 2.24) is 4.98 Å². The van der Waals surface area contributed by atoms with Crippen molar-refractivity contribution in [3.8, 4) is 5.75 Å². The third-order valence-electron chi connectivity index (χ3n) is 2.20. The summed E-state index contributed by atoms with van der Waals surface area (Å²) in [6.45, 7) is 6.62. The van der Waals surface area contributed by atoms with Gasteiger partial charge in [-0.1, -0.05) is 0 Å². The summed E-state index contributed by atoms with van der Waals surface area (Å²) in [5, 5.41) is 8.63. The van der Waals surface area contributed by atoms with Gasteiger partial charge in [-0.05, 0) is 39.0 Å². The minimum absolute atomic E-state index is 0.158. The molecule has 0 saturated heterocycles.